The molecule has 0 aliphatic carbocycles. The summed E-state index contributed by atoms with van der Waals surface area (Å²) in [5.74, 6) is 2.85. The van der Waals surface area contributed by atoms with Crippen molar-refractivity contribution in [2.75, 3.05) is 13.2 Å². The van der Waals surface area contributed by atoms with E-state index < -0.39 is 0 Å². The fourth-order valence-corrected chi connectivity index (χ4v) is 3.90. The molecule has 4 rings (SSSR count). The lowest BCUT2D eigenvalue weighted by atomic mass is 10.3. The number of aromatic nitrogens is 2. The van der Waals surface area contributed by atoms with E-state index in [1.54, 1.807) is 11.8 Å². The summed E-state index contributed by atoms with van der Waals surface area (Å²) in [6, 6.07) is 7.78. The summed E-state index contributed by atoms with van der Waals surface area (Å²) in [5, 5.41) is 1.88. The summed E-state index contributed by atoms with van der Waals surface area (Å²) in [6.45, 7) is 1.36. The summed E-state index contributed by atoms with van der Waals surface area (Å²) >= 11 is 3.02. The molecule has 0 amide bonds. The minimum atomic E-state index is -0.0701. The zero-order valence-corrected chi connectivity index (χ0v) is 13.8. The van der Waals surface area contributed by atoms with Gasteiger partial charge < -0.3 is 14.5 Å². The molecule has 0 atom stereocenters. The van der Waals surface area contributed by atoms with Crippen molar-refractivity contribution >= 4 is 33.3 Å². The number of thiophene rings is 1. The second kappa shape index (κ2) is 6.25. The van der Waals surface area contributed by atoms with Gasteiger partial charge >= 0.3 is 0 Å². The second-order valence-electron chi connectivity index (χ2n) is 5.10. The molecular weight excluding hydrogens is 332 g/mol. The van der Waals surface area contributed by atoms with Crippen LogP contribution in [0.5, 0.6) is 11.5 Å². The Labute approximate surface area is 140 Å². The number of ether oxygens (including phenoxy) is 2. The van der Waals surface area contributed by atoms with Crippen molar-refractivity contribution in [2.45, 2.75) is 17.1 Å². The Morgan fingerprint density at radius 3 is 3.00 bits per heavy atom. The second-order valence-corrected chi connectivity index (χ2v) is 7.06. The van der Waals surface area contributed by atoms with E-state index in [-0.39, 0.29) is 5.56 Å². The van der Waals surface area contributed by atoms with Crippen LogP contribution in [0.3, 0.4) is 0 Å². The van der Waals surface area contributed by atoms with E-state index in [1.807, 2.05) is 29.6 Å². The normalized spacial score (nSPS) is 13.9. The maximum atomic E-state index is 12.0. The molecule has 2 aromatic heterocycles. The number of hydrogen-bond donors (Lipinski definition) is 1. The van der Waals surface area contributed by atoms with Crippen LogP contribution in [-0.2, 0) is 5.75 Å². The molecule has 0 spiro atoms. The molecule has 0 fully saturated rings. The van der Waals surface area contributed by atoms with Gasteiger partial charge in [-0.25, -0.2) is 4.98 Å². The van der Waals surface area contributed by atoms with Gasteiger partial charge in [0.1, 0.15) is 10.5 Å². The van der Waals surface area contributed by atoms with E-state index in [2.05, 4.69) is 9.97 Å². The van der Waals surface area contributed by atoms with E-state index >= 15 is 0 Å². The van der Waals surface area contributed by atoms with Gasteiger partial charge in [0, 0.05) is 11.3 Å². The lowest BCUT2D eigenvalue weighted by molar-refractivity contribution is 0.297. The Hall–Kier alpha value is -1.99. The first-order valence-electron chi connectivity index (χ1n) is 7.28. The Morgan fingerprint density at radius 2 is 2.09 bits per heavy atom. The minimum Gasteiger partial charge on any atom is -0.490 e. The van der Waals surface area contributed by atoms with Gasteiger partial charge in [-0.05, 0) is 29.6 Å². The number of aromatic amines is 1. The smallest absolute Gasteiger partial charge is 0.268 e. The van der Waals surface area contributed by atoms with Crippen LogP contribution in [-0.4, -0.2) is 23.2 Å². The van der Waals surface area contributed by atoms with Crippen LogP contribution in [0.25, 0.3) is 10.2 Å². The molecule has 1 aliphatic heterocycles. The van der Waals surface area contributed by atoms with Crippen LogP contribution in [0.15, 0.2) is 39.3 Å². The fraction of sp³-hybridized carbons (Fsp3) is 0.250. The average Bonchev–Trinajstić information content (AvgIpc) is 2.91. The lowest BCUT2D eigenvalue weighted by Gasteiger charge is -2.09. The Bertz CT molecular complexity index is 904. The molecule has 0 unspecified atom stereocenters. The maximum Gasteiger partial charge on any atom is 0.268 e. The summed E-state index contributed by atoms with van der Waals surface area (Å²) < 4.78 is 12.0. The monoisotopic (exact) mass is 346 g/mol. The van der Waals surface area contributed by atoms with Gasteiger partial charge in [-0.3, -0.25) is 4.79 Å². The molecule has 0 radical (unpaired) electrons. The van der Waals surface area contributed by atoms with E-state index in [9.17, 15) is 4.79 Å². The van der Waals surface area contributed by atoms with Crippen LogP contribution in [0, 0.1) is 0 Å². The van der Waals surface area contributed by atoms with Crippen molar-refractivity contribution in [3.63, 3.8) is 0 Å². The van der Waals surface area contributed by atoms with Crippen LogP contribution >= 0.6 is 23.1 Å². The first-order chi connectivity index (χ1) is 11.3. The first-order valence-corrected chi connectivity index (χ1v) is 9.15. The largest absolute Gasteiger partial charge is 0.490 e. The first kappa shape index (κ1) is 14.6. The third kappa shape index (κ3) is 3.07. The number of benzene rings is 1. The molecule has 7 heteroatoms. The van der Waals surface area contributed by atoms with Crippen LogP contribution in [0.1, 0.15) is 12.2 Å². The van der Waals surface area contributed by atoms with Gasteiger partial charge in [-0.15, -0.1) is 23.1 Å². The van der Waals surface area contributed by atoms with Crippen LogP contribution in [0.2, 0.25) is 0 Å². The maximum absolute atomic E-state index is 12.0. The zero-order chi connectivity index (χ0) is 15.6. The summed E-state index contributed by atoms with van der Waals surface area (Å²) in [4.78, 5) is 20.4. The molecule has 3 heterocycles. The van der Waals surface area contributed by atoms with E-state index in [0.717, 1.165) is 28.3 Å². The molecule has 1 aliphatic rings. The van der Waals surface area contributed by atoms with E-state index in [1.165, 1.54) is 11.3 Å². The number of fused-ring (bicyclic) bond motifs is 2. The SMILES string of the molecule is O=c1[nH]c(CSc2ccc3c(c2)OCCCO3)nc2ccsc12. The third-order valence-corrected chi connectivity index (χ3v) is 5.37. The van der Waals surface area contributed by atoms with Crippen LogP contribution in [0.4, 0.5) is 0 Å². The van der Waals surface area contributed by atoms with Crippen molar-refractivity contribution in [3.8, 4) is 11.5 Å². The van der Waals surface area contributed by atoms with Gasteiger partial charge in [-0.1, -0.05) is 0 Å². The number of thioether (sulfide) groups is 1. The van der Waals surface area contributed by atoms with Gasteiger partial charge in [-0.2, -0.15) is 0 Å². The Kier molecular flexibility index (Phi) is 3.97. The van der Waals surface area contributed by atoms with Gasteiger partial charge in [0.2, 0.25) is 0 Å². The molecule has 0 bridgehead atoms. The van der Waals surface area contributed by atoms with Crippen molar-refractivity contribution in [1.29, 1.82) is 0 Å². The van der Waals surface area contributed by atoms with Crippen molar-refractivity contribution in [1.82, 2.24) is 9.97 Å². The van der Waals surface area contributed by atoms with Crippen molar-refractivity contribution in [3.05, 3.63) is 45.8 Å². The number of nitrogens with zero attached hydrogens (tertiary/aromatic N) is 1. The summed E-state index contributed by atoms with van der Waals surface area (Å²) in [5.41, 5.74) is 0.687. The van der Waals surface area contributed by atoms with Crippen LogP contribution < -0.4 is 15.0 Å². The van der Waals surface area contributed by atoms with Gasteiger partial charge in [0.25, 0.3) is 5.56 Å². The van der Waals surface area contributed by atoms with Crippen molar-refractivity contribution in [2.24, 2.45) is 0 Å². The predicted molar refractivity (Wildman–Crippen MR) is 91.9 cm³/mol. The highest BCUT2D eigenvalue weighted by atomic mass is 32.2. The average molecular weight is 346 g/mol. The number of nitrogens with one attached hydrogen (secondary N) is 1. The molecule has 0 saturated heterocycles. The van der Waals surface area contributed by atoms with E-state index in [4.69, 9.17) is 9.47 Å². The highest BCUT2D eigenvalue weighted by molar-refractivity contribution is 7.98. The highest BCUT2D eigenvalue weighted by Gasteiger charge is 2.11. The molecule has 0 saturated carbocycles. The lowest BCUT2D eigenvalue weighted by Crippen LogP contribution is -2.09. The molecule has 5 nitrogen and oxygen atoms in total. The minimum absolute atomic E-state index is 0.0701. The quantitative estimate of drug-likeness (QED) is 0.736. The number of hydrogen-bond acceptors (Lipinski definition) is 6. The molecule has 1 N–H and O–H groups in total. The fourth-order valence-electron chi connectivity index (χ4n) is 2.38. The summed E-state index contributed by atoms with van der Waals surface area (Å²) in [6.07, 6.45) is 0.892. The number of H-pyrrole nitrogens is 1. The Morgan fingerprint density at radius 1 is 1.22 bits per heavy atom. The summed E-state index contributed by atoms with van der Waals surface area (Å²) in [7, 11) is 0. The molecule has 118 valence electrons. The van der Waals surface area contributed by atoms with Gasteiger partial charge in [0.15, 0.2) is 11.5 Å². The van der Waals surface area contributed by atoms with E-state index in [0.29, 0.717) is 29.5 Å². The van der Waals surface area contributed by atoms with Crippen molar-refractivity contribution < 1.29 is 9.47 Å². The highest BCUT2D eigenvalue weighted by Crippen LogP contribution is 2.34. The van der Waals surface area contributed by atoms with Gasteiger partial charge in [0.05, 0.1) is 24.5 Å². The molecule has 1 aromatic carbocycles. The number of rotatable bonds is 3. The Balaban J connectivity index is 1.54. The molecule has 3 aromatic rings. The standard InChI is InChI=1S/C16H14N2O3S2/c19-16-15-11(4-7-22-15)17-14(18-16)9-23-10-2-3-12-13(8-10)21-6-1-5-20-12/h2-4,7-8H,1,5-6,9H2,(H,17,18,19). The molecular formula is C16H14N2O3S2. The zero-order valence-electron chi connectivity index (χ0n) is 12.2. The molecule has 23 heavy (non-hydrogen) atoms. The topological polar surface area (TPSA) is 64.2 Å². The predicted octanol–water partition coefficient (Wildman–Crippen LogP) is 3.44. The third-order valence-electron chi connectivity index (χ3n) is 3.46.